The van der Waals surface area contributed by atoms with Gasteiger partial charge >= 0.3 is 6.03 Å². The van der Waals surface area contributed by atoms with Crippen molar-refractivity contribution >= 4 is 22.8 Å². The Morgan fingerprint density at radius 3 is 2.50 bits per heavy atom. The van der Waals surface area contributed by atoms with Crippen LogP contribution in [0.25, 0.3) is 33.5 Å². The number of nitrogens with one attached hydrogen (secondary N) is 3. The Kier molecular flexibility index (Phi) is 10.5. The number of hydrogen-bond acceptors (Lipinski definition) is 7. The van der Waals surface area contributed by atoms with Crippen LogP contribution in [0.3, 0.4) is 0 Å². The van der Waals surface area contributed by atoms with E-state index in [0.717, 1.165) is 74.8 Å². The Balaban J connectivity index is 1.02. The van der Waals surface area contributed by atoms with Gasteiger partial charge in [0.05, 0.1) is 11.8 Å². The number of carbonyl (C=O) groups excluding carboxylic acids is 1. The number of H-pyrrole nitrogens is 1. The van der Waals surface area contributed by atoms with Crippen molar-refractivity contribution in [1.29, 1.82) is 0 Å². The van der Waals surface area contributed by atoms with Crippen molar-refractivity contribution in [3.05, 3.63) is 65.7 Å². The van der Waals surface area contributed by atoms with E-state index in [2.05, 4.69) is 73.5 Å². The lowest BCUT2D eigenvalue weighted by molar-refractivity contribution is 0.107. The molecule has 2 aromatic carbocycles. The standard InChI is InChI=1S/C39H51FN8O2/c1-25(2)16-30-22-48(23-36(30)49)39(50)45-34-18-31(40)17-32(26(34)3)37-33-19-35(44-38(33)43-24-42-37)29-6-4-27(5-7-29)20-46-12-14-47(15-13-46)21-28-8-10-41-11-9-28/h4-7,17-19,24-25,28,30,36,41,49H,8-16,20-23H2,1-3H3,(H,45,50)(H,42,43,44)/t30-,36-/m0/s1. The van der Waals surface area contributed by atoms with E-state index in [4.69, 9.17) is 0 Å². The first-order chi connectivity index (χ1) is 24.2. The van der Waals surface area contributed by atoms with Crippen LogP contribution in [0.4, 0.5) is 14.9 Å². The minimum atomic E-state index is -0.560. The van der Waals surface area contributed by atoms with E-state index < -0.39 is 11.9 Å². The second-order valence-electron chi connectivity index (χ2n) is 15.1. The molecular weight excluding hydrogens is 631 g/mol. The van der Waals surface area contributed by atoms with Crippen molar-refractivity contribution in [1.82, 2.24) is 35.0 Å². The fourth-order valence-electron chi connectivity index (χ4n) is 8.02. The lowest BCUT2D eigenvalue weighted by Gasteiger charge is -2.37. The molecule has 0 aliphatic carbocycles. The molecule has 266 valence electrons. The van der Waals surface area contributed by atoms with Gasteiger partial charge in [0.2, 0.25) is 0 Å². The van der Waals surface area contributed by atoms with Gasteiger partial charge in [-0.25, -0.2) is 19.2 Å². The Morgan fingerprint density at radius 1 is 1.02 bits per heavy atom. The zero-order valence-electron chi connectivity index (χ0n) is 29.6. The highest BCUT2D eigenvalue weighted by atomic mass is 19.1. The first kappa shape index (κ1) is 34.5. The normalized spacial score (nSPS) is 21.0. The van der Waals surface area contributed by atoms with Gasteiger partial charge < -0.3 is 30.5 Å². The SMILES string of the molecule is Cc1c(NC(=O)N2C[C@H](CC(C)C)[C@@H](O)C2)cc(F)cc1-c1ncnc2[nH]c(-c3ccc(CN4CCN(CC5CCNCC5)CC4)cc3)cc12. The number of aliphatic hydroxyl groups excluding tert-OH is 1. The number of amides is 2. The van der Waals surface area contributed by atoms with Gasteiger partial charge in [-0.05, 0) is 86.0 Å². The number of anilines is 1. The first-order valence-electron chi connectivity index (χ1n) is 18.3. The largest absolute Gasteiger partial charge is 0.391 e. The first-order valence-corrected chi connectivity index (χ1v) is 18.3. The van der Waals surface area contributed by atoms with Gasteiger partial charge in [0, 0.05) is 80.6 Å². The second-order valence-corrected chi connectivity index (χ2v) is 15.1. The van der Waals surface area contributed by atoms with E-state index in [-0.39, 0.29) is 18.5 Å². The average molecular weight is 683 g/mol. The zero-order valence-corrected chi connectivity index (χ0v) is 29.6. The highest BCUT2D eigenvalue weighted by Gasteiger charge is 2.34. The quantitative estimate of drug-likeness (QED) is 0.179. The monoisotopic (exact) mass is 682 g/mol. The Hall–Kier alpha value is -3.90. The number of β-amino-alcohol motifs (C(OH)–C–C–N with tert-alkyl or cyclic N) is 1. The number of halogens is 1. The Bertz CT molecular complexity index is 1780. The van der Waals surface area contributed by atoms with Gasteiger partial charge in [0.15, 0.2) is 0 Å². The van der Waals surface area contributed by atoms with Gasteiger partial charge in [-0.1, -0.05) is 38.1 Å². The molecule has 0 spiro atoms. The van der Waals surface area contributed by atoms with E-state index in [0.29, 0.717) is 40.6 Å². The van der Waals surface area contributed by atoms with Crippen LogP contribution in [0.2, 0.25) is 0 Å². The molecule has 11 heteroatoms. The van der Waals surface area contributed by atoms with E-state index in [1.165, 1.54) is 43.4 Å². The highest BCUT2D eigenvalue weighted by Crippen LogP contribution is 2.35. The third-order valence-corrected chi connectivity index (χ3v) is 10.9. The number of fused-ring (bicyclic) bond motifs is 1. The lowest BCUT2D eigenvalue weighted by Crippen LogP contribution is -2.48. The third kappa shape index (κ3) is 7.86. The molecule has 4 aromatic rings. The van der Waals surface area contributed by atoms with E-state index in [1.54, 1.807) is 4.90 Å². The smallest absolute Gasteiger partial charge is 0.321 e. The molecular formula is C39H51FN8O2. The van der Waals surface area contributed by atoms with Crippen LogP contribution in [-0.2, 0) is 6.54 Å². The molecule has 3 fully saturated rings. The number of piperidine rings is 1. The molecule has 0 radical (unpaired) electrons. The van der Waals surface area contributed by atoms with Gasteiger partial charge in [0.1, 0.15) is 17.8 Å². The molecule has 3 aliphatic heterocycles. The third-order valence-electron chi connectivity index (χ3n) is 10.9. The summed E-state index contributed by atoms with van der Waals surface area (Å²) in [5, 5.41) is 17.7. The summed E-state index contributed by atoms with van der Waals surface area (Å²) in [7, 11) is 0. The molecule has 5 heterocycles. The van der Waals surface area contributed by atoms with Crippen molar-refractivity contribution < 1.29 is 14.3 Å². The van der Waals surface area contributed by atoms with Gasteiger partial charge in [-0.15, -0.1) is 0 Å². The molecule has 2 aromatic heterocycles. The van der Waals surface area contributed by atoms with Crippen LogP contribution in [0.1, 0.15) is 44.2 Å². The number of benzene rings is 2. The number of likely N-dealkylation sites (tertiary alicyclic amines) is 1. The maximum Gasteiger partial charge on any atom is 0.321 e. The van der Waals surface area contributed by atoms with Crippen molar-refractivity contribution in [2.75, 3.05) is 64.2 Å². The number of aliphatic hydroxyl groups is 1. The van der Waals surface area contributed by atoms with E-state index in [1.807, 2.05) is 13.0 Å². The van der Waals surface area contributed by atoms with Crippen LogP contribution < -0.4 is 10.6 Å². The molecule has 10 nitrogen and oxygen atoms in total. The van der Waals surface area contributed by atoms with Gasteiger partial charge in [0.25, 0.3) is 0 Å². The predicted molar refractivity (Wildman–Crippen MR) is 196 cm³/mol. The average Bonchev–Trinajstić information content (AvgIpc) is 3.71. The second kappa shape index (κ2) is 15.1. The summed E-state index contributed by atoms with van der Waals surface area (Å²) in [5.74, 6) is 0.827. The molecule has 3 aliphatic rings. The number of hydrogen-bond donors (Lipinski definition) is 4. The van der Waals surface area contributed by atoms with Crippen LogP contribution >= 0.6 is 0 Å². The molecule has 7 rings (SSSR count). The highest BCUT2D eigenvalue weighted by molar-refractivity contribution is 5.97. The molecule has 50 heavy (non-hydrogen) atoms. The van der Waals surface area contributed by atoms with Crippen molar-refractivity contribution in [3.8, 4) is 22.5 Å². The van der Waals surface area contributed by atoms with Crippen LogP contribution in [0.5, 0.6) is 0 Å². The number of aromatic amines is 1. The molecule has 2 amide bonds. The number of nitrogens with zero attached hydrogens (tertiary/aromatic N) is 5. The molecule has 3 saturated heterocycles. The summed E-state index contributed by atoms with van der Waals surface area (Å²) in [6, 6.07) is 13.2. The number of rotatable bonds is 9. The van der Waals surface area contributed by atoms with E-state index in [9.17, 15) is 9.90 Å². The molecule has 4 N–H and O–H groups in total. The van der Waals surface area contributed by atoms with Crippen molar-refractivity contribution in [2.45, 2.75) is 52.7 Å². The summed E-state index contributed by atoms with van der Waals surface area (Å²) in [6.45, 7) is 15.8. The Labute approximate surface area is 294 Å². The summed E-state index contributed by atoms with van der Waals surface area (Å²) < 4.78 is 15.1. The maximum absolute atomic E-state index is 15.1. The molecule has 0 saturated carbocycles. The summed E-state index contributed by atoms with van der Waals surface area (Å²) in [6.07, 6.45) is 4.36. The van der Waals surface area contributed by atoms with Crippen LogP contribution in [0, 0.1) is 30.5 Å². The maximum atomic E-state index is 15.1. The lowest BCUT2D eigenvalue weighted by atomic mass is 9.95. The van der Waals surface area contributed by atoms with Gasteiger partial charge in [-0.2, -0.15) is 0 Å². The molecule has 0 bridgehead atoms. The molecule has 0 unspecified atom stereocenters. The number of piperazine rings is 1. The molecule has 2 atom stereocenters. The van der Waals surface area contributed by atoms with Crippen LogP contribution in [-0.4, -0.2) is 106 Å². The van der Waals surface area contributed by atoms with Crippen molar-refractivity contribution in [3.63, 3.8) is 0 Å². The summed E-state index contributed by atoms with van der Waals surface area (Å²) >= 11 is 0. The minimum Gasteiger partial charge on any atom is -0.391 e. The fourth-order valence-corrected chi connectivity index (χ4v) is 8.02. The van der Waals surface area contributed by atoms with E-state index >= 15 is 4.39 Å². The van der Waals surface area contributed by atoms with Gasteiger partial charge in [-0.3, -0.25) is 4.90 Å². The fraction of sp³-hybridized carbons (Fsp3) is 0.513. The number of urea groups is 1. The predicted octanol–water partition coefficient (Wildman–Crippen LogP) is 5.73. The van der Waals surface area contributed by atoms with Crippen LogP contribution in [0.15, 0.2) is 48.8 Å². The van der Waals surface area contributed by atoms with Crippen molar-refractivity contribution in [2.24, 2.45) is 17.8 Å². The minimum absolute atomic E-state index is 0.0354. The summed E-state index contributed by atoms with van der Waals surface area (Å²) in [4.78, 5) is 32.6. The number of carbonyl (C=O) groups is 1. The summed E-state index contributed by atoms with van der Waals surface area (Å²) in [5.41, 5.74) is 6.17. The topological polar surface area (TPSA) is 113 Å². The zero-order chi connectivity index (χ0) is 34.8. The Morgan fingerprint density at radius 2 is 1.76 bits per heavy atom. The number of aromatic nitrogens is 3.